The van der Waals surface area contributed by atoms with E-state index in [0.717, 1.165) is 18.9 Å². The van der Waals surface area contributed by atoms with Crippen molar-refractivity contribution in [1.82, 2.24) is 0 Å². The van der Waals surface area contributed by atoms with Gasteiger partial charge in [0.15, 0.2) is 5.60 Å². The van der Waals surface area contributed by atoms with Crippen LogP contribution in [-0.4, -0.2) is 17.2 Å². The predicted octanol–water partition coefficient (Wildman–Crippen LogP) is 5.26. The minimum atomic E-state index is -4.88. The Balaban J connectivity index is 2.44. The Labute approximate surface area is 150 Å². The van der Waals surface area contributed by atoms with Gasteiger partial charge in [-0.2, -0.15) is 13.2 Å². The van der Waals surface area contributed by atoms with Crippen LogP contribution in [0.15, 0.2) is 18.2 Å². The van der Waals surface area contributed by atoms with E-state index in [-0.39, 0.29) is 23.0 Å². The van der Waals surface area contributed by atoms with Gasteiger partial charge in [-0.15, -0.1) is 0 Å². The van der Waals surface area contributed by atoms with Crippen molar-refractivity contribution in [2.45, 2.75) is 58.2 Å². The molecule has 0 spiro atoms. The normalized spacial score (nSPS) is 17.9. The van der Waals surface area contributed by atoms with Crippen molar-refractivity contribution in [3.8, 4) is 0 Å². The highest BCUT2D eigenvalue weighted by atomic mass is 35.5. The van der Waals surface area contributed by atoms with Gasteiger partial charge >= 0.3 is 6.18 Å². The third-order valence-electron chi connectivity index (χ3n) is 4.44. The van der Waals surface area contributed by atoms with Gasteiger partial charge in [-0.25, -0.2) is 0 Å². The van der Waals surface area contributed by atoms with Gasteiger partial charge < -0.3 is 10.4 Å². The Morgan fingerprint density at radius 3 is 2.36 bits per heavy atom. The number of aliphatic hydroxyl groups is 1. The first-order chi connectivity index (χ1) is 11.3. The van der Waals surface area contributed by atoms with Gasteiger partial charge in [0.05, 0.1) is 0 Å². The summed E-state index contributed by atoms with van der Waals surface area (Å²) in [5, 5.41) is 13.2. The number of hydrogen-bond acceptors (Lipinski definition) is 2. The fraction of sp³-hybridized carbons (Fsp3) is 0.611. The number of halogens is 4. The zero-order chi connectivity index (χ0) is 19.0. The first kappa shape index (κ1) is 20.0. The predicted molar refractivity (Wildman–Crippen MR) is 91.4 cm³/mol. The number of hydrogen-bond donors (Lipinski definition) is 2. The molecule has 1 aromatic carbocycles. The summed E-state index contributed by atoms with van der Waals surface area (Å²) in [6.07, 6.45) is -3.29. The van der Waals surface area contributed by atoms with Crippen LogP contribution >= 0.6 is 11.6 Å². The first-order valence-electron chi connectivity index (χ1n) is 8.25. The van der Waals surface area contributed by atoms with Gasteiger partial charge in [0.1, 0.15) is 0 Å². The van der Waals surface area contributed by atoms with E-state index in [4.69, 9.17) is 11.6 Å². The van der Waals surface area contributed by atoms with E-state index >= 15 is 0 Å². The first-order valence-corrected chi connectivity index (χ1v) is 8.63. The number of amides is 1. The quantitative estimate of drug-likeness (QED) is 0.734. The van der Waals surface area contributed by atoms with Crippen LogP contribution in [0, 0.1) is 11.3 Å². The molecule has 2 N–H and O–H groups in total. The Bertz CT molecular complexity index is 651. The Morgan fingerprint density at radius 1 is 1.28 bits per heavy atom. The largest absolute Gasteiger partial charge is 0.421 e. The molecule has 0 unspecified atom stereocenters. The second-order valence-electron chi connectivity index (χ2n) is 7.73. The molecule has 0 bridgehead atoms. The van der Waals surface area contributed by atoms with E-state index in [1.807, 2.05) is 0 Å². The molecule has 1 aliphatic carbocycles. The second kappa shape index (κ2) is 6.80. The van der Waals surface area contributed by atoms with Crippen molar-refractivity contribution in [3.05, 3.63) is 28.8 Å². The molecule has 25 heavy (non-hydrogen) atoms. The van der Waals surface area contributed by atoms with Gasteiger partial charge in [-0.1, -0.05) is 45.2 Å². The minimum Gasteiger partial charge on any atom is -0.376 e. The van der Waals surface area contributed by atoms with E-state index in [9.17, 15) is 23.1 Å². The molecule has 0 heterocycles. The van der Waals surface area contributed by atoms with Crippen molar-refractivity contribution in [2.24, 2.45) is 11.3 Å². The van der Waals surface area contributed by atoms with Crippen LogP contribution in [0.5, 0.6) is 0 Å². The van der Waals surface area contributed by atoms with E-state index in [2.05, 4.69) is 5.32 Å². The average Bonchev–Trinajstić information content (AvgIpc) is 3.28. The molecular weight excluding hydrogens is 355 g/mol. The Kier molecular flexibility index (Phi) is 5.45. The second-order valence-corrected chi connectivity index (χ2v) is 8.17. The molecule has 1 aliphatic rings. The monoisotopic (exact) mass is 377 g/mol. The zero-order valence-electron chi connectivity index (χ0n) is 14.5. The molecule has 1 fully saturated rings. The van der Waals surface area contributed by atoms with E-state index < -0.39 is 35.1 Å². The van der Waals surface area contributed by atoms with Gasteiger partial charge in [0.25, 0.3) is 0 Å². The summed E-state index contributed by atoms with van der Waals surface area (Å²) in [5.41, 5.74) is -4.33. The molecule has 0 aromatic heterocycles. The van der Waals surface area contributed by atoms with E-state index in [0.29, 0.717) is 0 Å². The number of rotatable bonds is 5. The molecule has 1 atom stereocenters. The van der Waals surface area contributed by atoms with Crippen LogP contribution < -0.4 is 5.32 Å². The highest BCUT2D eigenvalue weighted by Gasteiger charge is 2.56. The summed E-state index contributed by atoms with van der Waals surface area (Å²) in [6.45, 7) is 4.96. The zero-order valence-corrected chi connectivity index (χ0v) is 15.3. The molecule has 0 saturated heterocycles. The van der Waals surface area contributed by atoms with Gasteiger partial charge in [0.2, 0.25) is 5.91 Å². The molecular formula is C18H23ClF3NO2. The smallest absolute Gasteiger partial charge is 0.376 e. The topological polar surface area (TPSA) is 49.3 Å². The molecule has 0 aliphatic heterocycles. The van der Waals surface area contributed by atoms with Crippen LogP contribution in [-0.2, 0) is 10.4 Å². The molecule has 2 rings (SSSR count). The van der Waals surface area contributed by atoms with Crippen molar-refractivity contribution in [3.63, 3.8) is 0 Å². The maximum atomic E-state index is 13.7. The molecule has 1 amide bonds. The Hall–Kier alpha value is -1.27. The number of carbonyl (C=O) groups excluding carboxylic acids is 1. The molecule has 1 saturated carbocycles. The van der Waals surface area contributed by atoms with Crippen LogP contribution in [0.25, 0.3) is 0 Å². The van der Waals surface area contributed by atoms with E-state index in [1.165, 1.54) is 12.1 Å². The van der Waals surface area contributed by atoms with Crippen molar-refractivity contribution < 1.29 is 23.1 Å². The number of alkyl halides is 3. The maximum Gasteiger partial charge on any atom is 0.421 e. The SMILES string of the molecule is CC(C)(C)C(=O)Nc1ccc(Cl)cc1[C@@](O)(CCC1CC1)C(F)(F)F. The molecule has 3 nitrogen and oxygen atoms in total. The van der Waals surface area contributed by atoms with Crippen molar-refractivity contribution in [2.75, 3.05) is 5.32 Å². The maximum absolute atomic E-state index is 13.7. The lowest BCUT2D eigenvalue weighted by Crippen LogP contribution is -2.43. The van der Waals surface area contributed by atoms with Crippen molar-refractivity contribution >= 4 is 23.2 Å². The third-order valence-corrected chi connectivity index (χ3v) is 4.67. The van der Waals surface area contributed by atoms with Crippen LogP contribution in [0.2, 0.25) is 5.02 Å². The molecule has 0 radical (unpaired) electrons. The minimum absolute atomic E-state index is 0.0675. The highest BCUT2D eigenvalue weighted by Crippen LogP contribution is 2.48. The van der Waals surface area contributed by atoms with Crippen molar-refractivity contribution in [1.29, 1.82) is 0 Å². The summed E-state index contributed by atoms with van der Waals surface area (Å²) in [4.78, 5) is 12.2. The summed E-state index contributed by atoms with van der Waals surface area (Å²) < 4.78 is 41.2. The fourth-order valence-electron chi connectivity index (χ4n) is 2.53. The number of anilines is 1. The highest BCUT2D eigenvalue weighted by molar-refractivity contribution is 6.30. The van der Waals surface area contributed by atoms with Gasteiger partial charge in [-0.05, 0) is 37.0 Å². The fourth-order valence-corrected chi connectivity index (χ4v) is 2.70. The van der Waals surface area contributed by atoms with Crippen LogP contribution in [0.1, 0.15) is 52.0 Å². The van der Waals surface area contributed by atoms with E-state index in [1.54, 1.807) is 20.8 Å². The standard InChI is InChI=1S/C18H23ClF3NO2/c1-16(2,3)15(24)23-14-7-6-12(19)10-13(14)17(25,18(20,21)22)9-8-11-4-5-11/h6-7,10-11,25H,4-5,8-9H2,1-3H3,(H,23,24)/t17-/m0/s1. The van der Waals surface area contributed by atoms with Crippen LogP contribution in [0.3, 0.4) is 0 Å². The number of carbonyl (C=O) groups is 1. The summed E-state index contributed by atoms with van der Waals surface area (Å²) in [6, 6.07) is 3.77. The lowest BCUT2D eigenvalue weighted by Gasteiger charge is -2.33. The number of benzene rings is 1. The number of nitrogens with one attached hydrogen (secondary N) is 1. The summed E-state index contributed by atoms with van der Waals surface area (Å²) >= 11 is 5.88. The van der Waals surface area contributed by atoms with Crippen LogP contribution in [0.4, 0.5) is 18.9 Å². The van der Waals surface area contributed by atoms with Gasteiger partial charge in [-0.3, -0.25) is 4.79 Å². The lowest BCUT2D eigenvalue weighted by molar-refractivity contribution is -0.269. The molecule has 1 aromatic rings. The third kappa shape index (κ3) is 4.67. The summed E-state index contributed by atoms with van der Waals surface area (Å²) in [5.74, 6) is -0.219. The lowest BCUT2D eigenvalue weighted by atomic mass is 9.85. The molecule has 140 valence electrons. The van der Waals surface area contributed by atoms with Gasteiger partial charge in [0, 0.05) is 21.7 Å². The Morgan fingerprint density at radius 2 is 1.88 bits per heavy atom. The summed E-state index contributed by atoms with van der Waals surface area (Å²) in [7, 11) is 0. The average molecular weight is 378 g/mol. The molecule has 7 heteroatoms.